The third kappa shape index (κ3) is 3.36. The third-order valence-electron chi connectivity index (χ3n) is 4.06. The third-order valence-corrected chi connectivity index (χ3v) is 4.84. The van der Waals surface area contributed by atoms with Crippen LogP contribution in [0, 0.1) is 17.2 Å². The van der Waals surface area contributed by atoms with Gasteiger partial charge in [-0.3, -0.25) is 4.79 Å². The topological polar surface area (TPSA) is 70.7 Å². The number of aromatic nitrogens is 2. The average molecular weight is 384 g/mol. The second kappa shape index (κ2) is 6.64. The van der Waals surface area contributed by atoms with Gasteiger partial charge in [-0.2, -0.15) is 5.26 Å². The van der Waals surface area contributed by atoms with Gasteiger partial charge in [0.1, 0.15) is 5.15 Å². The zero-order valence-electron chi connectivity index (χ0n) is 12.7. The molecule has 1 fully saturated rings. The molecule has 1 aliphatic carbocycles. The largest absolute Gasteiger partial charge is 0.333 e. The summed E-state index contributed by atoms with van der Waals surface area (Å²) >= 11 is 18.4. The molecule has 5 nitrogen and oxygen atoms in total. The number of halogens is 3. The number of benzene rings is 1. The molecule has 2 aromatic rings. The minimum Gasteiger partial charge on any atom is -0.333 e. The van der Waals surface area contributed by atoms with Crippen LogP contribution in [0.3, 0.4) is 0 Å². The fourth-order valence-electron chi connectivity index (χ4n) is 2.54. The quantitative estimate of drug-likeness (QED) is 0.824. The maximum Gasteiger partial charge on any atom is 0.294 e. The molecule has 1 heterocycles. The van der Waals surface area contributed by atoms with Gasteiger partial charge < -0.3 is 9.88 Å². The lowest BCUT2D eigenvalue weighted by Crippen LogP contribution is -2.27. The first kappa shape index (κ1) is 17.1. The van der Waals surface area contributed by atoms with Gasteiger partial charge in [-0.25, -0.2) is 4.98 Å². The Morgan fingerprint density at radius 2 is 1.96 bits per heavy atom. The van der Waals surface area contributed by atoms with Crippen molar-refractivity contribution >= 4 is 46.3 Å². The standard InChI is InChI=1S/C16H13Cl3N4O/c1-8(10-2-3-10)23-7-13(19)21-15(16(23)24)22-14-11(17)4-9(6-20)5-12(14)18/h4-5,7-8,10H,2-3H2,1H3,(H,21,22)/t8-/m1/s1. The number of hydrogen-bond acceptors (Lipinski definition) is 4. The van der Waals surface area contributed by atoms with E-state index in [1.54, 1.807) is 10.8 Å². The van der Waals surface area contributed by atoms with Crippen molar-refractivity contribution in [2.75, 3.05) is 5.32 Å². The predicted molar refractivity (Wildman–Crippen MR) is 95.4 cm³/mol. The lowest BCUT2D eigenvalue weighted by atomic mass is 10.2. The highest BCUT2D eigenvalue weighted by molar-refractivity contribution is 6.39. The van der Waals surface area contributed by atoms with Gasteiger partial charge in [0.25, 0.3) is 5.56 Å². The van der Waals surface area contributed by atoms with Gasteiger partial charge in [-0.05, 0) is 37.8 Å². The number of rotatable bonds is 4. The van der Waals surface area contributed by atoms with E-state index in [1.165, 1.54) is 12.1 Å². The maximum absolute atomic E-state index is 12.7. The minimum absolute atomic E-state index is 0.0449. The molecule has 1 aliphatic rings. The summed E-state index contributed by atoms with van der Waals surface area (Å²) in [7, 11) is 0. The van der Waals surface area contributed by atoms with Gasteiger partial charge in [-0.15, -0.1) is 0 Å². The van der Waals surface area contributed by atoms with Crippen molar-refractivity contribution in [3.8, 4) is 6.07 Å². The number of nitriles is 1. The smallest absolute Gasteiger partial charge is 0.294 e. The van der Waals surface area contributed by atoms with Crippen LogP contribution in [-0.4, -0.2) is 9.55 Å². The molecule has 1 N–H and O–H groups in total. The van der Waals surface area contributed by atoms with Crippen LogP contribution < -0.4 is 10.9 Å². The van der Waals surface area contributed by atoms with Crippen molar-refractivity contribution in [1.29, 1.82) is 5.26 Å². The molecule has 1 saturated carbocycles. The highest BCUT2D eigenvalue weighted by Crippen LogP contribution is 2.39. The molecular weight excluding hydrogens is 371 g/mol. The minimum atomic E-state index is -0.296. The average Bonchev–Trinajstić information content (AvgIpc) is 3.37. The summed E-state index contributed by atoms with van der Waals surface area (Å²) in [5.74, 6) is 0.527. The molecular formula is C16H13Cl3N4O. The lowest BCUT2D eigenvalue weighted by Gasteiger charge is -2.17. The Bertz CT molecular complexity index is 876. The molecule has 24 heavy (non-hydrogen) atoms. The lowest BCUT2D eigenvalue weighted by molar-refractivity contribution is 0.470. The van der Waals surface area contributed by atoms with Gasteiger partial charge in [0, 0.05) is 12.2 Å². The van der Waals surface area contributed by atoms with Gasteiger partial charge in [0.15, 0.2) is 5.82 Å². The molecule has 0 radical (unpaired) electrons. The summed E-state index contributed by atoms with van der Waals surface area (Å²) in [5.41, 5.74) is 0.347. The predicted octanol–water partition coefficient (Wildman–Crippen LogP) is 4.79. The molecule has 0 amide bonds. The van der Waals surface area contributed by atoms with E-state index in [9.17, 15) is 4.79 Å². The number of hydrogen-bond donors (Lipinski definition) is 1. The van der Waals surface area contributed by atoms with Crippen LogP contribution in [0.4, 0.5) is 11.5 Å². The first-order chi connectivity index (χ1) is 11.4. The Kier molecular flexibility index (Phi) is 4.73. The zero-order chi connectivity index (χ0) is 17.4. The SMILES string of the molecule is C[C@H](C1CC1)n1cc(Cl)nc(Nc2c(Cl)cc(C#N)cc2Cl)c1=O. The first-order valence-electron chi connectivity index (χ1n) is 7.35. The highest BCUT2D eigenvalue weighted by Gasteiger charge is 2.30. The molecule has 1 atom stereocenters. The molecule has 1 aromatic carbocycles. The monoisotopic (exact) mass is 382 g/mol. The molecule has 8 heteroatoms. The summed E-state index contributed by atoms with van der Waals surface area (Å²) in [4.78, 5) is 16.7. The van der Waals surface area contributed by atoms with Crippen LogP contribution in [0.5, 0.6) is 0 Å². The van der Waals surface area contributed by atoms with E-state index in [-0.39, 0.29) is 32.6 Å². The first-order valence-corrected chi connectivity index (χ1v) is 8.49. The van der Waals surface area contributed by atoms with Crippen LogP contribution in [0.25, 0.3) is 0 Å². The van der Waals surface area contributed by atoms with E-state index >= 15 is 0 Å². The van der Waals surface area contributed by atoms with E-state index in [0.29, 0.717) is 17.2 Å². The molecule has 0 bridgehead atoms. The van der Waals surface area contributed by atoms with Gasteiger partial charge in [0.2, 0.25) is 0 Å². The molecule has 124 valence electrons. The van der Waals surface area contributed by atoms with Gasteiger partial charge >= 0.3 is 0 Å². The summed E-state index contributed by atoms with van der Waals surface area (Å²) in [6, 6.07) is 4.94. The van der Waals surface area contributed by atoms with Crippen molar-refractivity contribution in [2.45, 2.75) is 25.8 Å². The van der Waals surface area contributed by atoms with Crippen LogP contribution in [0.2, 0.25) is 15.2 Å². The van der Waals surface area contributed by atoms with Crippen molar-refractivity contribution < 1.29 is 0 Å². The molecule has 0 spiro atoms. The van der Waals surface area contributed by atoms with Crippen molar-refractivity contribution in [2.24, 2.45) is 5.92 Å². The molecule has 1 aromatic heterocycles. The van der Waals surface area contributed by atoms with E-state index in [2.05, 4.69) is 10.3 Å². The summed E-state index contributed by atoms with van der Waals surface area (Å²) < 4.78 is 1.58. The Morgan fingerprint density at radius 3 is 2.50 bits per heavy atom. The maximum atomic E-state index is 12.7. The number of nitrogens with zero attached hydrogens (tertiary/aromatic N) is 3. The van der Waals surface area contributed by atoms with Crippen molar-refractivity contribution in [3.05, 3.63) is 49.4 Å². The second-order valence-electron chi connectivity index (χ2n) is 5.75. The Hall–Kier alpha value is -1.74. The molecule has 0 aliphatic heterocycles. The van der Waals surface area contributed by atoms with E-state index in [1.807, 2.05) is 13.0 Å². The Morgan fingerprint density at radius 1 is 1.33 bits per heavy atom. The van der Waals surface area contributed by atoms with Crippen LogP contribution in [-0.2, 0) is 0 Å². The molecule has 0 unspecified atom stereocenters. The van der Waals surface area contributed by atoms with Gasteiger partial charge in [-0.1, -0.05) is 34.8 Å². The second-order valence-corrected chi connectivity index (χ2v) is 6.96. The highest BCUT2D eigenvalue weighted by atomic mass is 35.5. The zero-order valence-corrected chi connectivity index (χ0v) is 15.0. The van der Waals surface area contributed by atoms with Crippen LogP contribution in [0.1, 0.15) is 31.4 Å². The normalized spacial score (nSPS) is 15.0. The Balaban J connectivity index is 2.02. The van der Waals surface area contributed by atoms with Crippen molar-refractivity contribution in [3.63, 3.8) is 0 Å². The molecule has 3 rings (SSSR count). The number of anilines is 2. The van der Waals surface area contributed by atoms with Crippen LogP contribution >= 0.6 is 34.8 Å². The summed E-state index contributed by atoms with van der Waals surface area (Å²) in [6.07, 6.45) is 3.74. The van der Waals surface area contributed by atoms with E-state index in [0.717, 1.165) is 12.8 Å². The number of nitrogens with one attached hydrogen (secondary N) is 1. The van der Waals surface area contributed by atoms with E-state index < -0.39 is 0 Å². The van der Waals surface area contributed by atoms with Gasteiger partial charge in [0.05, 0.1) is 27.4 Å². The summed E-state index contributed by atoms with van der Waals surface area (Å²) in [6.45, 7) is 1.99. The fourth-order valence-corrected chi connectivity index (χ4v) is 3.32. The Labute approximate surface area is 153 Å². The summed E-state index contributed by atoms with van der Waals surface area (Å²) in [5, 5.41) is 12.4. The molecule has 0 saturated heterocycles. The fraction of sp³-hybridized carbons (Fsp3) is 0.312. The van der Waals surface area contributed by atoms with Crippen molar-refractivity contribution in [1.82, 2.24) is 9.55 Å². The van der Waals surface area contributed by atoms with Crippen LogP contribution in [0.15, 0.2) is 23.1 Å². The van der Waals surface area contributed by atoms with E-state index in [4.69, 9.17) is 40.1 Å².